The van der Waals surface area contributed by atoms with Crippen LogP contribution in [0.4, 0.5) is 10.5 Å². The van der Waals surface area contributed by atoms with E-state index in [2.05, 4.69) is 21.2 Å². The number of ether oxygens (including phenoxy) is 1. The molecular weight excluding hydrogens is 584 g/mol. The zero-order valence-corrected chi connectivity index (χ0v) is 23.0. The molecule has 3 amide bonds. The Morgan fingerprint density at radius 1 is 1.14 bits per heavy atom. The van der Waals surface area contributed by atoms with Gasteiger partial charge in [-0.2, -0.15) is 0 Å². The molecule has 0 aliphatic carbocycles. The standard InChI is InChI=1S/C26H20BrClN2O4S2/c1-35-19-7-4-6-18(13-19)29-24(31)14-30-25(32)23(36-26(30)33)12-16-9-10-22(20(27)11-16)34-15-17-5-2-3-8-21(17)28/h2-13H,14-15H2,1H3,(H,29,31)/b23-12+. The first-order valence-electron chi connectivity index (χ1n) is 10.7. The minimum atomic E-state index is -0.506. The first-order valence-corrected chi connectivity index (χ1v) is 13.9. The van der Waals surface area contributed by atoms with Gasteiger partial charge >= 0.3 is 0 Å². The summed E-state index contributed by atoms with van der Waals surface area (Å²) in [4.78, 5) is 39.9. The molecule has 0 unspecified atom stereocenters. The number of nitrogens with zero attached hydrogens (tertiary/aromatic N) is 1. The van der Waals surface area contributed by atoms with Crippen LogP contribution >= 0.6 is 51.1 Å². The fourth-order valence-electron chi connectivity index (χ4n) is 3.33. The molecule has 1 aliphatic heterocycles. The molecule has 0 radical (unpaired) electrons. The smallest absolute Gasteiger partial charge is 0.294 e. The van der Waals surface area contributed by atoms with Crippen LogP contribution in [0.2, 0.25) is 5.02 Å². The molecule has 3 aromatic rings. The van der Waals surface area contributed by atoms with Gasteiger partial charge in [0.1, 0.15) is 18.9 Å². The normalized spacial score (nSPS) is 14.4. The second-order valence-corrected chi connectivity index (χ2v) is 10.8. The molecule has 0 aromatic heterocycles. The second kappa shape index (κ2) is 12.0. The van der Waals surface area contributed by atoms with Gasteiger partial charge in [-0.1, -0.05) is 41.9 Å². The SMILES string of the molecule is CSc1cccc(NC(=O)CN2C(=O)S/C(=C/c3ccc(OCc4ccccc4Cl)c(Br)c3)C2=O)c1. The highest BCUT2D eigenvalue weighted by Crippen LogP contribution is 2.34. The Labute approximate surface area is 230 Å². The van der Waals surface area contributed by atoms with Crippen molar-refractivity contribution in [2.45, 2.75) is 11.5 Å². The number of imide groups is 1. The van der Waals surface area contributed by atoms with Gasteiger partial charge in [-0.3, -0.25) is 19.3 Å². The van der Waals surface area contributed by atoms with Crippen molar-refractivity contribution in [2.24, 2.45) is 0 Å². The molecule has 1 heterocycles. The number of halogens is 2. The average molecular weight is 604 g/mol. The number of hydrogen-bond donors (Lipinski definition) is 1. The fourth-order valence-corrected chi connectivity index (χ4v) is 5.33. The predicted octanol–water partition coefficient (Wildman–Crippen LogP) is 7.08. The summed E-state index contributed by atoms with van der Waals surface area (Å²) in [5.74, 6) is -0.338. The number of benzene rings is 3. The maximum Gasteiger partial charge on any atom is 0.294 e. The lowest BCUT2D eigenvalue weighted by molar-refractivity contribution is -0.127. The van der Waals surface area contributed by atoms with E-state index in [4.69, 9.17) is 16.3 Å². The lowest BCUT2D eigenvalue weighted by Crippen LogP contribution is -2.36. The van der Waals surface area contributed by atoms with E-state index in [-0.39, 0.29) is 11.4 Å². The molecule has 184 valence electrons. The number of rotatable bonds is 8. The van der Waals surface area contributed by atoms with Gasteiger partial charge in [-0.15, -0.1) is 11.8 Å². The van der Waals surface area contributed by atoms with Gasteiger partial charge in [-0.25, -0.2) is 0 Å². The first-order chi connectivity index (χ1) is 17.3. The molecule has 6 nitrogen and oxygen atoms in total. The topological polar surface area (TPSA) is 75.7 Å². The van der Waals surface area contributed by atoms with Crippen LogP contribution in [0, 0.1) is 0 Å². The molecule has 1 fully saturated rings. The van der Waals surface area contributed by atoms with Crippen molar-refractivity contribution in [3.63, 3.8) is 0 Å². The van der Waals surface area contributed by atoms with E-state index in [1.165, 1.54) is 0 Å². The van der Waals surface area contributed by atoms with Crippen molar-refractivity contribution < 1.29 is 19.1 Å². The third-order valence-corrected chi connectivity index (χ3v) is 7.74. The molecule has 36 heavy (non-hydrogen) atoms. The third kappa shape index (κ3) is 6.53. The van der Waals surface area contributed by atoms with Crippen LogP contribution in [0.1, 0.15) is 11.1 Å². The van der Waals surface area contributed by atoms with E-state index < -0.39 is 17.1 Å². The predicted molar refractivity (Wildman–Crippen MR) is 149 cm³/mol. The van der Waals surface area contributed by atoms with Gasteiger partial charge in [-0.05, 0) is 82.0 Å². The minimum Gasteiger partial charge on any atom is -0.488 e. The zero-order chi connectivity index (χ0) is 25.7. The zero-order valence-electron chi connectivity index (χ0n) is 19.0. The molecule has 1 N–H and O–H groups in total. The molecule has 0 atom stereocenters. The first kappa shape index (κ1) is 26.3. The van der Waals surface area contributed by atoms with Crippen molar-refractivity contribution >= 4 is 79.9 Å². The molecule has 1 saturated heterocycles. The summed E-state index contributed by atoms with van der Waals surface area (Å²) in [6.07, 6.45) is 3.56. The van der Waals surface area contributed by atoms with Crippen molar-refractivity contribution in [3.05, 3.63) is 92.3 Å². The summed E-state index contributed by atoms with van der Waals surface area (Å²) in [6, 6.07) is 20.1. The number of thioether (sulfide) groups is 2. The van der Waals surface area contributed by atoms with Crippen LogP contribution < -0.4 is 10.1 Å². The molecule has 0 saturated carbocycles. The summed E-state index contributed by atoms with van der Waals surface area (Å²) in [5, 5.41) is 2.87. The third-order valence-electron chi connectivity index (χ3n) is 5.12. The van der Waals surface area contributed by atoms with Crippen LogP contribution in [0.25, 0.3) is 6.08 Å². The molecule has 3 aromatic carbocycles. The van der Waals surface area contributed by atoms with Crippen molar-refractivity contribution in [1.82, 2.24) is 4.90 Å². The van der Waals surface area contributed by atoms with Gasteiger partial charge in [0.05, 0.1) is 9.38 Å². The van der Waals surface area contributed by atoms with Crippen molar-refractivity contribution in [2.75, 3.05) is 18.1 Å². The fraction of sp³-hybridized carbons (Fsp3) is 0.115. The monoisotopic (exact) mass is 602 g/mol. The van der Waals surface area contributed by atoms with E-state index in [0.29, 0.717) is 33.1 Å². The maximum absolute atomic E-state index is 12.8. The Bertz CT molecular complexity index is 1370. The number of anilines is 1. The molecule has 4 rings (SSSR count). The van der Waals surface area contributed by atoms with Crippen molar-refractivity contribution in [3.8, 4) is 5.75 Å². The van der Waals surface area contributed by atoms with Crippen LogP contribution in [0.5, 0.6) is 5.75 Å². The van der Waals surface area contributed by atoms with Crippen LogP contribution in [0.3, 0.4) is 0 Å². The van der Waals surface area contributed by atoms with Crippen LogP contribution in [-0.4, -0.2) is 34.8 Å². The lowest BCUT2D eigenvalue weighted by Gasteiger charge is -2.13. The number of hydrogen-bond acceptors (Lipinski definition) is 6. The Kier molecular flexibility index (Phi) is 8.79. The summed E-state index contributed by atoms with van der Waals surface area (Å²) >= 11 is 12.0. The Hall–Kier alpha value is -2.72. The summed E-state index contributed by atoms with van der Waals surface area (Å²) < 4.78 is 6.55. The van der Waals surface area contributed by atoms with Gasteiger partial charge in [0, 0.05) is 21.2 Å². The molecule has 0 spiro atoms. The van der Waals surface area contributed by atoms with Gasteiger partial charge in [0.15, 0.2) is 0 Å². The summed E-state index contributed by atoms with van der Waals surface area (Å²) in [6.45, 7) is -0.0514. The number of nitrogens with one attached hydrogen (secondary N) is 1. The van der Waals surface area contributed by atoms with E-state index >= 15 is 0 Å². The number of carbonyl (C=O) groups is 3. The highest BCUT2D eigenvalue weighted by atomic mass is 79.9. The highest BCUT2D eigenvalue weighted by molar-refractivity contribution is 9.10. The Morgan fingerprint density at radius 3 is 2.69 bits per heavy atom. The number of carbonyl (C=O) groups excluding carboxylic acids is 3. The van der Waals surface area contributed by atoms with Crippen LogP contribution in [-0.2, 0) is 16.2 Å². The van der Waals surface area contributed by atoms with E-state index in [1.807, 2.05) is 42.7 Å². The molecule has 10 heteroatoms. The Balaban J connectivity index is 1.40. The molecular formula is C26H20BrClN2O4S2. The maximum atomic E-state index is 12.8. The second-order valence-electron chi connectivity index (χ2n) is 7.62. The molecule has 1 aliphatic rings. The lowest BCUT2D eigenvalue weighted by atomic mass is 10.2. The summed E-state index contributed by atoms with van der Waals surface area (Å²) in [5.41, 5.74) is 2.18. The van der Waals surface area contributed by atoms with E-state index in [1.54, 1.807) is 48.2 Å². The highest BCUT2D eigenvalue weighted by Gasteiger charge is 2.36. The molecule has 0 bridgehead atoms. The van der Waals surface area contributed by atoms with Gasteiger partial charge < -0.3 is 10.1 Å². The van der Waals surface area contributed by atoms with Gasteiger partial charge in [0.25, 0.3) is 11.1 Å². The van der Waals surface area contributed by atoms with Gasteiger partial charge in [0.2, 0.25) is 5.91 Å². The quantitative estimate of drug-likeness (QED) is 0.219. The van der Waals surface area contributed by atoms with E-state index in [9.17, 15) is 14.4 Å². The average Bonchev–Trinajstić information content (AvgIpc) is 3.11. The van der Waals surface area contributed by atoms with E-state index in [0.717, 1.165) is 27.1 Å². The van der Waals surface area contributed by atoms with Crippen LogP contribution in [0.15, 0.2) is 81.0 Å². The summed E-state index contributed by atoms with van der Waals surface area (Å²) in [7, 11) is 0. The number of amides is 3. The minimum absolute atomic E-state index is 0.244. The largest absolute Gasteiger partial charge is 0.488 e. The Morgan fingerprint density at radius 2 is 1.94 bits per heavy atom. The van der Waals surface area contributed by atoms with Crippen molar-refractivity contribution in [1.29, 1.82) is 0 Å².